The Hall–Kier alpha value is -1.78. The van der Waals surface area contributed by atoms with E-state index in [2.05, 4.69) is 36.7 Å². The van der Waals surface area contributed by atoms with E-state index in [-0.39, 0.29) is 0 Å². The van der Waals surface area contributed by atoms with Gasteiger partial charge in [0.05, 0.1) is 11.4 Å². The van der Waals surface area contributed by atoms with E-state index >= 15 is 0 Å². The van der Waals surface area contributed by atoms with Gasteiger partial charge >= 0.3 is 0 Å². The van der Waals surface area contributed by atoms with Crippen molar-refractivity contribution in [1.29, 1.82) is 10.8 Å². The number of nitrogens with one attached hydrogen (secondary N) is 2. The quantitative estimate of drug-likeness (QED) is 0.325. The van der Waals surface area contributed by atoms with Gasteiger partial charge < -0.3 is 0 Å². The molecule has 0 saturated carbocycles. The van der Waals surface area contributed by atoms with Gasteiger partial charge in [-0.15, -0.1) is 22.7 Å². The van der Waals surface area contributed by atoms with Crippen molar-refractivity contribution >= 4 is 45.2 Å². The molecule has 0 unspecified atom stereocenters. The van der Waals surface area contributed by atoms with Gasteiger partial charge in [0.2, 0.25) is 0 Å². The third-order valence-corrected chi connectivity index (χ3v) is 7.03. The van der Waals surface area contributed by atoms with E-state index < -0.39 is 0 Å². The first-order chi connectivity index (χ1) is 13.1. The van der Waals surface area contributed by atoms with Gasteiger partial charge in [-0.05, 0) is 53.8 Å². The highest BCUT2D eigenvalue weighted by Gasteiger charge is 2.22. The average Bonchev–Trinajstić information content (AvgIpc) is 3.29. The molecule has 142 valence electrons. The van der Waals surface area contributed by atoms with Gasteiger partial charge in [-0.2, -0.15) is 0 Å². The van der Waals surface area contributed by atoms with E-state index in [9.17, 15) is 0 Å². The normalized spacial score (nSPS) is 14.4. The molecule has 0 saturated heterocycles. The Morgan fingerprint density at radius 2 is 1.37 bits per heavy atom. The summed E-state index contributed by atoms with van der Waals surface area (Å²) in [5.74, 6) is 0. The lowest BCUT2D eigenvalue weighted by Crippen LogP contribution is -2.17. The minimum atomic E-state index is 0.334. The molecule has 2 N–H and O–H groups in total. The monoisotopic (exact) mass is 396 g/mol. The highest BCUT2D eigenvalue weighted by atomic mass is 32.1. The molecule has 0 aromatic carbocycles. The predicted octanol–water partition coefficient (Wildman–Crippen LogP) is 7.54. The Kier molecular flexibility index (Phi) is 6.97. The Balaban J connectivity index is 1.65. The molecule has 0 atom stereocenters. The molecule has 0 fully saturated rings. The van der Waals surface area contributed by atoms with Crippen LogP contribution in [0.15, 0.2) is 35.0 Å². The minimum Gasteiger partial charge on any atom is -0.298 e. The van der Waals surface area contributed by atoms with Crippen LogP contribution in [-0.4, -0.2) is 11.4 Å². The van der Waals surface area contributed by atoms with Crippen molar-refractivity contribution in [2.45, 2.75) is 58.8 Å². The number of hydrogen-bond donors (Lipinski definition) is 2. The van der Waals surface area contributed by atoms with Crippen LogP contribution in [0.5, 0.6) is 0 Å². The van der Waals surface area contributed by atoms with E-state index in [1.807, 2.05) is 12.2 Å². The van der Waals surface area contributed by atoms with Crippen LogP contribution in [0.3, 0.4) is 0 Å². The van der Waals surface area contributed by atoms with E-state index in [0.29, 0.717) is 11.4 Å². The number of allylic oxidation sites excluding steroid dienone is 4. The molecule has 0 bridgehead atoms. The van der Waals surface area contributed by atoms with Crippen LogP contribution in [0.4, 0.5) is 0 Å². The second-order valence-electron chi connectivity index (χ2n) is 7.24. The van der Waals surface area contributed by atoms with Gasteiger partial charge in [-0.3, -0.25) is 10.8 Å². The van der Waals surface area contributed by atoms with E-state index in [1.54, 1.807) is 22.7 Å². The highest BCUT2D eigenvalue weighted by molar-refractivity contribution is 7.13. The number of aryl methyl sites for hydroxylation is 2. The predicted molar refractivity (Wildman–Crippen MR) is 122 cm³/mol. The molecule has 1 aliphatic rings. The zero-order valence-corrected chi connectivity index (χ0v) is 17.9. The molecule has 0 aliphatic heterocycles. The summed E-state index contributed by atoms with van der Waals surface area (Å²) in [7, 11) is 0. The summed E-state index contributed by atoms with van der Waals surface area (Å²) >= 11 is 3.35. The fourth-order valence-electron chi connectivity index (χ4n) is 3.34. The van der Waals surface area contributed by atoms with Crippen molar-refractivity contribution in [2.24, 2.45) is 0 Å². The molecule has 0 spiro atoms. The number of hydrogen-bond acceptors (Lipinski definition) is 4. The summed E-state index contributed by atoms with van der Waals surface area (Å²) in [6, 6.07) is 4.32. The van der Waals surface area contributed by atoms with Gasteiger partial charge in [0.15, 0.2) is 0 Å². The zero-order valence-electron chi connectivity index (χ0n) is 16.2. The Morgan fingerprint density at radius 3 is 2.00 bits per heavy atom. The molecule has 0 radical (unpaired) electrons. The molecule has 2 heterocycles. The molecule has 3 rings (SSSR count). The smallest absolute Gasteiger partial charge is 0.0882 e. The molecule has 0 amide bonds. The maximum Gasteiger partial charge on any atom is 0.0882 e. The number of unbranched alkanes of at least 4 members (excludes halogenated alkanes) is 5. The maximum atomic E-state index is 8.50. The Morgan fingerprint density at radius 1 is 0.778 bits per heavy atom. The van der Waals surface area contributed by atoms with Gasteiger partial charge in [0, 0.05) is 20.9 Å². The van der Waals surface area contributed by atoms with Gasteiger partial charge in [0.25, 0.3) is 0 Å². The highest BCUT2D eigenvalue weighted by Crippen LogP contribution is 2.33. The fraction of sp³-hybridized carbons (Fsp3) is 0.391. The third kappa shape index (κ3) is 4.94. The van der Waals surface area contributed by atoms with E-state index in [1.165, 1.54) is 49.7 Å². The summed E-state index contributed by atoms with van der Waals surface area (Å²) in [5.41, 5.74) is 5.01. The van der Waals surface area contributed by atoms with Crippen molar-refractivity contribution in [1.82, 2.24) is 0 Å². The van der Waals surface area contributed by atoms with Crippen molar-refractivity contribution in [3.63, 3.8) is 0 Å². The van der Waals surface area contributed by atoms with Crippen LogP contribution >= 0.6 is 22.7 Å². The second-order valence-corrected chi connectivity index (χ2v) is 9.06. The van der Waals surface area contributed by atoms with Crippen LogP contribution < -0.4 is 0 Å². The van der Waals surface area contributed by atoms with Crippen molar-refractivity contribution in [2.75, 3.05) is 0 Å². The minimum absolute atomic E-state index is 0.334. The van der Waals surface area contributed by atoms with Crippen molar-refractivity contribution in [3.8, 4) is 0 Å². The third-order valence-electron chi connectivity index (χ3n) is 4.94. The molecule has 2 aromatic rings. The lowest BCUT2D eigenvalue weighted by atomic mass is 9.92. The number of thiophene rings is 2. The van der Waals surface area contributed by atoms with Crippen LogP contribution in [0.25, 0.3) is 11.1 Å². The molecule has 1 aliphatic carbocycles. The topological polar surface area (TPSA) is 47.7 Å². The molecule has 2 aromatic heterocycles. The zero-order chi connectivity index (χ0) is 19.2. The summed E-state index contributed by atoms with van der Waals surface area (Å²) in [5, 5.41) is 21.3. The first-order valence-corrected chi connectivity index (χ1v) is 11.6. The first-order valence-electron chi connectivity index (χ1n) is 9.83. The van der Waals surface area contributed by atoms with Crippen LogP contribution in [0, 0.1) is 17.7 Å². The van der Waals surface area contributed by atoms with Gasteiger partial charge in [-0.25, -0.2) is 0 Å². The lowest BCUT2D eigenvalue weighted by molar-refractivity contribution is 0.608. The Bertz CT molecular complexity index is 880. The molecular weight excluding hydrogens is 368 g/mol. The fourth-order valence-corrected chi connectivity index (χ4v) is 5.26. The summed E-state index contributed by atoms with van der Waals surface area (Å²) in [6.07, 6.45) is 13.0. The lowest BCUT2D eigenvalue weighted by Gasteiger charge is -2.15. The second kappa shape index (κ2) is 9.43. The molecular formula is C23H28N2S2. The summed E-state index contributed by atoms with van der Waals surface area (Å²) in [4.78, 5) is 2.19. The standard InChI is InChI=1S/C23H28N2S2/c1-3-4-5-6-7-8-9-17-13-21(27-15-17)19-11-10-18(22(24)23(19)25)20-12-16(2)14-26-20/h10-15,24-25H,3-9H2,1-2H3. The largest absolute Gasteiger partial charge is 0.298 e. The van der Waals surface area contributed by atoms with Gasteiger partial charge in [0.1, 0.15) is 0 Å². The van der Waals surface area contributed by atoms with Crippen molar-refractivity contribution < 1.29 is 0 Å². The van der Waals surface area contributed by atoms with Crippen LogP contribution in [-0.2, 0) is 6.42 Å². The van der Waals surface area contributed by atoms with E-state index in [0.717, 1.165) is 27.3 Å². The SMILES string of the molecule is CCCCCCCCc1csc(C2=CC=C(c3cc(C)cs3)C(=N)C2=N)c1. The van der Waals surface area contributed by atoms with E-state index in [4.69, 9.17) is 10.8 Å². The van der Waals surface area contributed by atoms with Crippen LogP contribution in [0.2, 0.25) is 0 Å². The van der Waals surface area contributed by atoms with Crippen LogP contribution in [0.1, 0.15) is 66.3 Å². The van der Waals surface area contributed by atoms with Crippen molar-refractivity contribution in [3.05, 3.63) is 55.9 Å². The molecule has 27 heavy (non-hydrogen) atoms. The number of rotatable bonds is 9. The average molecular weight is 397 g/mol. The molecule has 2 nitrogen and oxygen atoms in total. The van der Waals surface area contributed by atoms with Gasteiger partial charge in [-0.1, -0.05) is 51.2 Å². The Labute approximate surface area is 170 Å². The summed E-state index contributed by atoms with van der Waals surface area (Å²) < 4.78 is 0. The first kappa shape index (κ1) is 20.0. The maximum absolute atomic E-state index is 8.50. The molecule has 4 heteroatoms. The summed E-state index contributed by atoms with van der Waals surface area (Å²) in [6.45, 7) is 4.32.